The highest BCUT2D eigenvalue weighted by atomic mass is 16.7. The number of hydrazone groups is 1. The molecule has 5 fully saturated rings. The van der Waals surface area contributed by atoms with Crippen LogP contribution in [0, 0.1) is 28.6 Å². The Morgan fingerprint density at radius 3 is 2.63 bits per heavy atom. The van der Waals surface area contributed by atoms with Crippen LogP contribution < -0.4 is 11.2 Å². The van der Waals surface area contributed by atoms with Crippen LogP contribution in [0.1, 0.15) is 78.1 Å². The van der Waals surface area contributed by atoms with Crippen molar-refractivity contribution in [2.75, 3.05) is 13.7 Å². The van der Waals surface area contributed by atoms with Crippen LogP contribution in [0.3, 0.4) is 0 Å². The van der Waals surface area contributed by atoms with E-state index in [1.165, 1.54) is 0 Å². The molecule has 6 rings (SSSR count). The first kappa shape index (κ1) is 30.9. The summed E-state index contributed by atoms with van der Waals surface area (Å²) < 4.78 is 23.1. The zero-order chi connectivity index (χ0) is 30.8. The third-order valence-electron chi connectivity index (χ3n) is 12.4. The van der Waals surface area contributed by atoms with E-state index >= 15 is 0 Å². The zero-order valence-electron chi connectivity index (χ0n) is 25.4. The molecule has 240 valence electrons. The molecule has 2 amide bonds. The number of aliphatic hydroxyl groups excluding tert-OH is 1. The Bertz CT molecular complexity index is 1180. The van der Waals surface area contributed by atoms with Gasteiger partial charge in [0.15, 0.2) is 6.29 Å². The second-order valence-electron chi connectivity index (χ2n) is 14.1. The lowest BCUT2D eigenvalue weighted by molar-refractivity contribution is -0.284. The van der Waals surface area contributed by atoms with Crippen molar-refractivity contribution >= 4 is 18.2 Å². The van der Waals surface area contributed by atoms with Crippen molar-refractivity contribution in [1.82, 2.24) is 5.43 Å². The van der Waals surface area contributed by atoms with Crippen molar-refractivity contribution in [3.05, 3.63) is 11.6 Å². The number of nitrogens with one attached hydrogen (secondary N) is 1. The lowest BCUT2D eigenvalue weighted by Crippen LogP contribution is -2.69. The molecule has 4 saturated carbocycles. The fourth-order valence-corrected chi connectivity index (χ4v) is 10.2. The van der Waals surface area contributed by atoms with Crippen LogP contribution in [0.25, 0.3) is 0 Å². The van der Waals surface area contributed by atoms with Gasteiger partial charge in [-0.1, -0.05) is 6.92 Å². The number of nitrogens with zero attached hydrogens (tertiary/aromatic N) is 1. The normalized spacial score (nSPS) is 49.5. The quantitative estimate of drug-likeness (QED) is 0.131. The van der Waals surface area contributed by atoms with Gasteiger partial charge in [-0.05, 0) is 81.6 Å². The van der Waals surface area contributed by atoms with Crippen molar-refractivity contribution < 1.29 is 43.9 Å². The Hall–Kier alpha value is -2.09. The Kier molecular flexibility index (Phi) is 7.95. The summed E-state index contributed by atoms with van der Waals surface area (Å²) in [7, 11) is 1.56. The average Bonchev–Trinajstić information content (AvgIpc) is 3.50. The first-order chi connectivity index (χ1) is 20.4. The van der Waals surface area contributed by atoms with Crippen molar-refractivity contribution in [3.8, 4) is 0 Å². The number of esters is 1. The average molecular weight is 606 g/mol. The number of methoxy groups -OCH3 is 1. The Morgan fingerprint density at radius 1 is 1.16 bits per heavy atom. The number of amides is 2. The topological polar surface area (TPSA) is 182 Å². The van der Waals surface area contributed by atoms with E-state index in [1.54, 1.807) is 26.3 Å². The van der Waals surface area contributed by atoms with Crippen molar-refractivity contribution in [3.63, 3.8) is 0 Å². The predicted molar refractivity (Wildman–Crippen MR) is 153 cm³/mol. The van der Waals surface area contributed by atoms with E-state index in [0.29, 0.717) is 44.9 Å². The monoisotopic (exact) mass is 605 g/mol. The molecule has 12 atom stereocenters. The number of carbonyl (C=O) groups excluding carboxylic acids is 2. The minimum absolute atomic E-state index is 0.0586. The molecule has 0 unspecified atom stereocenters. The van der Waals surface area contributed by atoms with Gasteiger partial charge < -0.3 is 40.0 Å². The molecule has 0 aromatic carbocycles. The van der Waals surface area contributed by atoms with E-state index in [1.807, 2.05) is 0 Å². The molecule has 6 N–H and O–H groups in total. The molecule has 12 nitrogen and oxygen atoms in total. The first-order valence-corrected chi connectivity index (χ1v) is 15.8. The van der Waals surface area contributed by atoms with Crippen LogP contribution in [-0.2, 0) is 23.7 Å². The molecule has 1 saturated heterocycles. The second-order valence-corrected chi connectivity index (χ2v) is 14.1. The molecular weight excluding hydrogens is 558 g/mol. The number of ether oxygens (including phenoxy) is 4. The third kappa shape index (κ3) is 4.84. The molecule has 12 heteroatoms. The van der Waals surface area contributed by atoms with Gasteiger partial charge in [0.1, 0.15) is 12.7 Å². The number of rotatable bonds is 6. The number of cyclic esters (lactones) is 1. The third-order valence-corrected chi connectivity index (χ3v) is 12.4. The van der Waals surface area contributed by atoms with E-state index in [-0.39, 0.29) is 36.4 Å². The zero-order valence-corrected chi connectivity index (χ0v) is 25.4. The lowest BCUT2D eigenvalue weighted by Gasteiger charge is -2.66. The molecule has 2 heterocycles. The lowest BCUT2D eigenvalue weighted by atomic mass is 9.41. The summed E-state index contributed by atoms with van der Waals surface area (Å²) in [6.07, 6.45) is 6.66. The summed E-state index contributed by atoms with van der Waals surface area (Å²) in [6.45, 7) is 4.23. The van der Waals surface area contributed by atoms with Crippen LogP contribution in [0.4, 0.5) is 4.79 Å². The number of fused-ring (bicyclic) bond motifs is 5. The van der Waals surface area contributed by atoms with Crippen LogP contribution in [0.5, 0.6) is 0 Å². The Labute approximate surface area is 252 Å². The van der Waals surface area contributed by atoms with Gasteiger partial charge in [0.2, 0.25) is 0 Å². The smallest absolute Gasteiger partial charge is 0.332 e. The molecule has 2 aliphatic heterocycles. The van der Waals surface area contributed by atoms with Crippen molar-refractivity contribution in [2.45, 2.75) is 120 Å². The summed E-state index contributed by atoms with van der Waals surface area (Å²) in [4.78, 5) is 23.5. The summed E-state index contributed by atoms with van der Waals surface area (Å²) in [6, 6.07) is -0.783. The molecule has 6 aliphatic rings. The summed E-state index contributed by atoms with van der Waals surface area (Å²) in [5.41, 5.74) is 5.22. The van der Waals surface area contributed by atoms with Gasteiger partial charge in [-0.15, -0.1) is 0 Å². The fraction of sp³-hybridized carbons (Fsp3) is 0.839. The summed E-state index contributed by atoms with van der Waals surface area (Å²) >= 11 is 0. The number of carbonyl (C=O) groups is 2. The number of primary amides is 1. The minimum atomic E-state index is -1.20. The molecule has 0 aromatic rings. The molecular formula is C31H47N3O9. The van der Waals surface area contributed by atoms with Crippen LogP contribution in [0.2, 0.25) is 0 Å². The van der Waals surface area contributed by atoms with Crippen LogP contribution in [-0.4, -0.2) is 89.2 Å². The minimum Gasteiger partial charge on any atom is -0.458 e. The molecule has 0 bridgehead atoms. The number of hydrogen-bond donors (Lipinski definition) is 5. The first-order valence-electron chi connectivity index (χ1n) is 15.8. The maximum atomic E-state index is 12.6. The maximum absolute atomic E-state index is 12.6. The van der Waals surface area contributed by atoms with Crippen molar-refractivity contribution in [1.29, 1.82) is 0 Å². The number of urea groups is 1. The van der Waals surface area contributed by atoms with Gasteiger partial charge in [-0.3, -0.25) is 0 Å². The van der Waals surface area contributed by atoms with E-state index in [4.69, 9.17) is 24.7 Å². The van der Waals surface area contributed by atoms with E-state index in [2.05, 4.69) is 17.5 Å². The highest BCUT2D eigenvalue weighted by Crippen LogP contribution is 2.70. The van der Waals surface area contributed by atoms with Gasteiger partial charge in [0, 0.05) is 43.1 Å². The fourth-order valence-electron chi connectivity index (χ4n) is 10.2. The van der Waals surface area contributed by atoms with E-state index in [0.717, 1.165) is 24.8 Å². The van der Waals surface area contributed by atoms with Crippen LogP contribution >= 0.6 is 0 Å². The molecule has 43 heavy (non-hydrogen) atoms. The highest BCUT2D eigenvalue weighted by Gasteiger charge is 2.71. The largest absolute Gasteiger partial charge is 0.458 e. The Morgan fingerprint density at radius 2 is 1.93 bits per heavy atom. The van der Waals surface area contributed by atoms with Gasteiger partial charge in [-0.2, -0.15) is 5.10 Å². The SMILES string of the molecule is CO[C@@H]1C[C@H](O[C@@H]2CC[C@]3(/C=N/NC(N)=O)[C@H]4CC[C@]5(C)[C@H](C6=CC(=O)OC6)CC[C@]5(O)[C@@H]4CC[C@]3(O)C2)O[C@@H](C)[C@@H]1O. The number of hydrogen-bond acceptors (Lipinski definition) is 10. The number of nitrogens with two attached hydrogens (primary N) is 1. The number of aliphatic hydroxyl groups is 3. The molecule has 0 radical (unpaired) electrons. The second kappa shape index (κ2) is 11.1. The van der Waals surface area contributed by atoms with Crippen LogP contribution in [0.15, 0.2) is 16.8 Å². The van der Waals surface area contributed by atoms with E-state index in [9.17, 15) is 24.9 Å². The molecule has 0 aromatic heterocycles. The van der Waals surface area contributed by atoms with Gasteiger partial charge >= 0.3 is 12.0 Å². The molecule has 4 aliphatic carbocycles. The van der Waals surface area contributed by atoms with Gasteiger partial charge in [0.25, 0.3) is 0 Å². The molecule has 0 spiro atoms. The standard InChI is InChI=1S/C31H47N3O9/c1-17-26(36)23(40-3)13-25(42-17)43-19-4-9-29(16-33-34-27(32)37)21-5-8-28(2)20(18-12-24(35)41-15-18)7-11-31(28,39)22(21)6-10-30(29,38)14-19/h12,16-17,19-23,25-26,36,38-39H,4-11,13-15H2,1-3H3,(H3,32,34,37)/b33-16+/t17-,19+,20-,21-,22+,23+,25-,26-,28+,29-,30-,31-/m0/s1. The maximum Gasteiger partial charge on any atom is 0.332 e. The van der Waals surface area contributed by atoms with Gasteiger partial charge in [-0.25, -0.2) is 15.0 Å². The van der Waals surface area contributed by atoms with Crippen molar-refractivity contribution in [2.24, 2.45) is 39.4 Å². The predicted octanol–water partition coefficient (Wildman–Crippen LogP) is 1.89. The van der Waals surface area contributed by atoms with E-state index < -0.39 is 52.7 Å². The summed E-state index contributed by atoms with van der Waals surface area (Å²) in [5, 5.41) is 39.7. The Balaban J connectivity index is 1.27. The highest BCUT2D eigenvalue weighted by molar-refractivity contribution is 5.85. The summed E-state index contributed by atoms with van der Waals surface area (Å²) in [5.74, 6) is -0.442. The van der Waals surface area contributed by atoms with Gasteiger partial charge in [0.05, 0.1) is 29.5 Å².